The van der Waals surface area contributed by atoms with Gasteiger partial charge < -0.3 is 0 Å². The second-order valence-corrected chi connectivity index (χ2v) is 6.58. The van der Waals surface area contributed by atoms with Crippen LogP contribution in [0.1, 0.15) is 18.5 Å². The zero-order valence-corrected chi connectivity index (χ0v) is 14.6. The van der Waals surface area contributed by atoms with E-state index in [1.807, 2.05) is 0 Å². The lowest BCUT2D eigenvalue weighted by atomic mass is 10.0. The summed E-state index contributed by atoms with van der Waals surface area (Å²) in [5, 5.41) is 3.99. The monoisotopic (exact) mass is 412 g/mol. The number of rotatable bonds is 4. The lowest BCUT2D eigenvalue weighted by Gasteiger charge is -2.24. The molecule has 1 heterocycles. The van der Waals surface area contributed by atoms with Crippen molar-refractivity contribution in [3.63, 3.8) is 0 Å². The summed E-state index contributed by atoms with van der Waals surface area (Å²) in [6.07, 6.45) is 2.68. The van der Waals surface area contributed by atoms with Crippen LogP contribution in [0.15, 0.2) is 59.3 Å². The maximum Gasteiger partial charge on any atom is 0.271 e. The Bertz CT molecular complexity index is 885. The molecule has 25 heavy (non-hydrogen) atoms. The van der Waals surface area contributed by atoms with Crippen LogP contribution in [0.4, 0.5) is 17.6 Å². The van der Waals surface area contributed by atoms with Crippen molar-refractivity contribution in [2.45, 2.75) is 18.9 Å². The minimum atomic E-state index is -3.16. The lowest BCUT2D eigenvalue weighted by molar-refractivity contribution is -0.0217. The van der Waals surface area contributed by atoms with Crippen molar-refractivity contribution in [3.05, 3.63) is 76.5 Å². The molecule has 0 spiro atoms. The van der Waals surface area contributed by atoms with Gasteiger partial charge in [0.1, 0.15) is 17.7 Å². The molecule has 0 N–H and O–H groups in total. The van der Waals surface area contributed by atoms with Crippen molar-refractivity contribution in [3.8, 4) is 11.1 Å². The minimum Gasteiger partial charge on any atom is -0.258 e. The van der Waals surface area contributed by atoms with E-state index in [-0.39, 0.29) is 15.6 Å². The average molecular weight is 413 g/mol. The number of halogens is 5. The maximum atomic E-state index is 14.2. The van der Waals surface area contributed by atoms with Gasteiger partial charge in [-0.1, -0.05) is 24.3 Å². The van der Waals surface area contributed by atoms with Crippen LogP contribution in [0.25, 0.3) is 11.1 Å². The molecule has 1 aromatic heterocycles. The van der Waals surface area contributed by atoms with Crippen LogP contribution in [0, 0.1) is 11.6 Å². The van der Waals surface area contributed by atoms with Crippen molar-refractivity contribution in [2.75, 3.05) is 0 Å². The fraction of sp³-hybridized carbons (Fsp3) is 0.167. The van der Waals surface area contributed by atoms with E-state index in [1.165, 1.54) is 24.5 Å². The lowest BCUT2D eigenvalue weighted by Crippen LogP contribution is -2.29. The highest BCUT2D eigenvalue weighted by Gasteiger charge is 2.37. The fourth-order valence-electron chi connectivity index (χ4n) is 2.67. The second kappa shape index (κ2) is 6.63. The minimum absolute atomic E-state index is 0.207. The van der Waals surface area contributed by atoms with E-state index in [2.05, 4.69) is 21.0 Å². The van der Waals surface area contributed by atoms with E-state index in [0.717, 1.165) is 23.7 Å². The standard InChI is InChI=1S/C18H13BrF4N2/c1-18(22,23)17(11-5-7-13(20)8-6-11)25-10-12(9-24-25)14-3-2-4-15(19)16(14)21/h2-10,17H,1H3/t17-/m1/s1. The van der Waals surface area contributed by atoms with Crippen molar-refractivity contribution in [1.82, 2.24) is 9.78 Å². The largest absolute Gasteiger partial charge is 0.271 e. The molecule has 0 saturated heterocycles. The number of aromatic nitrogens is 2. The summed E-state index contributed by atoms with van der Waals surface area (Å²) in [6, 6.07) is 8.11. The van der Waals surface area contributed by atoms with E-state index < -0.39 is 23.6 Å². The predicted octanol–water partition coefficient (Wildman–Crippen LogP) is 5.84. The number of hydrogen-bond donors (Lipinski definition) is 0. The third-order valence-corrected chi connectivity index (χ3v) is 4.41. The van der Waals surface area contributed by atoms with E-state index in [1.54, 1.807) is 18.2 Å². The molecule has 0 aliphatic carbocycles. The summed E-state index contributed by atoms with van der Waals surface area (Å²) < 4.78 is 57.0. The van der Waals surface area contributed by atoms with Gasteiger partial charge in [0, 0.05) is 24.2 Å². The van der Waals surface area contributed by atoms with Crippen LogP contribution in [0.3, 0.4) is 0 Å². The smallest absolute Gasteiger partial charge is 0.258 e. The number of benzene rings is 2. The van der Waals surface area contributed by atoms with Crippen molar-refractivity contribution < 1.29 is 17.6 Å². The average Bonchev–Trinajstić information content (AvgIpc) is 3.00. The molecule has 3 aromatic rings. The molecule has 0 amide bonds. The SMILES string of the molecule is CC(F)(F)[C@@H](c1ccc(F)cc1)n1cc(-c2cccc(Br)c2F)cn1. The molecule has 0 aliphatic rings. The van der Waals surface area contributed by atoms with Gasteiger partial charge in [0.25, 0.3) is 5.92 Å². The molecule has 7 heteroatoms. The molecule has 0 aliphatic heterocycles. The molecular weight excluding hydrogens is 400 g/mol. The van der Waals surface area contributed by atoms with E-state index in [0.29, 0.717) is 5.56 Å². The molecule has 0 fully saturated rings. The quantitative estimate of drug-likeness (QED) is 0.492. The van der Waals surface area contributed by atoms with Gasteiger partial charge in [-0.15, -0.1) is 0 Å². The molecular formula is C18H13BrF4N2. The van der Waals surface area contributed by atoms with Gasteiger partial charge in [-0.25, -0.2) is 17.6 Å². The Hall–Kier alpha value is -2.15. The molecule has 0 radical (unpaired) electrons. The summed E-state index contributed by atoms with van der Waals surface area (Å²) in [5.41, 5.74) is 0.825. The zero-order valence-electron chi connectivity index (χ0n) is 13.1. The summed E-state index contributed by atoms with van der Waals surface area (Å²) in [6.45, 7) is 0.766. The third kappa shape index (κ3) is 3.61. The first-order chi connectivity index (χ1) is 11.8. The predicted molar refractivity (Wildman–Crippen MR) is 90.5 cm³/mol. The van der Waals surface area contributed by atoms with Gasteiger partial charge in [0.2, 0.25) is 0 Å². The van der Waals surface area contributed by atoms with Crippen LogP contribution in [0.5, 0.6) is 0 Å². The first-order valence-corrected chi connectivity index (χ1v) is 8.18. The zero-order chi connectivity index (χ0) is 18.2. The van der Waals surface area contributed by atoms with Gasteiger partial charge in [-0.2, -0.15) is 5.10 Å². The topological polar surface area (TPSA) is 17.8 Å². The van der Waals surface area contributed by atoms with Gasteiger partial charge >= 0.3 is 0 Å². The second-order valence-electron chi connectivity index (χ2n) is 5.72. The highest BCUT2D eigenvalue weighted by atomic mass is 79.9. The van der Waals surface area contributed by atoms with Crippen LogP contribution in [0.2, 0.25) is 0 Å². The van der Waals surface area contributed by atoms with Crippen molar-refractivity contribution in [2.24, 2.45) is 0 Å². The van der Waals surface area contributed by atoms with E-state index >= 15 is 0 Å². The van der Waals surface area contributed by atoms with Crippen LogP contribution >= 0.6 is 15.9 Å². The Morgan fingerprint density at radius 3 is 2.40 bits per heavy atom. The maximum absolute atomic E-state index is 14.2. The summed E-state index contributed by atoms with van der Waals surface area (Å²) in [7, 11) is 0. The molecule has 0 bridgehead atoms. The van der Waals surface area contributed by atoms with Gasteiger partial charge in [-0.05, 0) is 39.7 Å². The van der Waals surface area contributed by atoms with Crippen molar-refractivity contribution >= 4 is 15.9 Å². The van der Waals surface area contributed by atoms with E-state index in [9.17, 15) is 17.6 Å². The van der Waals surface area contributed by atoms with Gasteiger partial charge in [0.15, 0.2) is 0 Å². The Labute approximate surface area is 150 Å². The number of alkyl halides is 2. The summed E-state index contributed by atoms with van der Waals surface area (Å²) in [4.78, 5) is 0. The highest BCUT2D eigenvalue weighted by molar-refractivity contribution is 9.10. The third-order valence-electron chi connectivity index (χ3n) is 3.79. The van der Waals surface area contributed by atoms with Crippen LogP contribution in [-0.4, -0.2) is 15.7 Å². The summed E-state index contributed by atoms with van der Waals surface area (Å²) >= 11 is 3.10. The Morgan fingerprint density at radius 2 is 1.76 bits per heavy atom. The molecule has 0 saturated carbocycles. The first-order valence-electron chi connectivity index (χ1n) is 7.39. The Balaban J connectivity index is 2.05. The number of hydrogen-bond acceptors (Lipinski definition) is 1. The summed E-state index contributed by atoms with van der Waals surface area (Å²) in [5.74, 6) is -4.17. The molecule has 0 unspecified atom stereocenters. The molecule has 2 nitrogen and oxygen atoms in total. The van der Waals surface area contributed by atoms with Crippen LogP contribution < -0.4 is 0 Å². The van der Waals surface area contributed by atoms with E-state index in [4.69, 9.17) is 0 Å². The van der Waals surface area contributed by atoms with Gasteiger partial charge in [-0.3, -0.25) is 4.68 Å². The molecule has 1 atom stereocenters. The normalized spacial score (nSPS) is 13.0. The molecule has 130 valence electrons. The fourth-order valence-corrected chi connectivity index (χ4v) is 3.03. The number of nitrogens with zero attached hydrogens (tertiary/aromatic N) is 2. The van der Waals surface area contributed by atoms with Gasteiger partial charge in [0.05, 0.1) is 10.7 Å². The first kappa shape index (κ1) is 17.7. The Kier molecular flexibility index (Phi) is 4.69. The highest BCUT2D eigenvalue weighted by Crippen LogP contribution is 2.36. The molecule has 3 rings (SSSR count). The Morgan fingerprint density at radius 1 is 1.08 bits per heavy atom. The molecule has 2 aromatic carbocycles. The van der Waals surface area contributed by atoms with Crippen molar-refractivity contribution in [1.29, 1.82) is 0 Å². The van der Waals surface area contributed by atoms with Crippen LogP contribution in [-0.2, 0) is 0 Å².